The molecule has 7 heteroatoms. The molecule has 2 aromatic rings. The van der Waals surface area contributed by atoms with E-state index in [1.165, 1.54) is 24.1 Å². The number of amides is 1. The third-order valence-corrected chi connectivity index (χ3v) is 5.88. The number of carbonyl (C=O) groups is 2. The van der Waals surface area contributed by atoms with Gasteiger partial charge in [-0.05, 0) is 67.7 Å². The molecular formula is C23H25FN2O4. The van der Waals surface area contributed by atoms with Gasteiger partial charge in [0.15, 0.2) is 0 Å². The Kier molecular flexibility index (Phi) is 5.99. The molecule has 5 rings (SSSR count). The van der Waals surface area contributed by atoms with Crippen LogP contribution in [-0.2, 0) is 16.0 Å². The van der Waals surface area contributed by atoms with Crippen LogP contribution < -0.4 is 4.90 Å². The van der Waals surface area contributed by atoms with Gasteiger partial charge in [-0.1, -0.05) is 18.2 Å². The maximum atomic E-state index is 13.9. The molecule has 1 atom stereocenters. The average molecular weight is 412 g/mol. The van der Waals surface area contributed by atoms with E-state index in [0.717, 1.165) is 32.5 Å². The third kappa shape index (κ3) is 4.46. The van der Waals surface area contributed by atoms with Gasteiger partial charge in [0.25, 0.3) is 0 Å². The number of carbonyl (C=O) groups excluding carboxylic acids is 2. The first-order valence-electron chi connectivity index (χ1n) is 10.2. The van der Waals surface area contributed by atoms with Crippen molar-refractivity contribution in [2.45, 2.75) is 25.5 Å². The summed E-state index contributed by atoms with van der Waals surface area (Å²) >= 11 is 0. The number of ether oxygens (including phenoxy) is 2. The number of nitrogens with zero attached hydrogens (tertiary/aromatic N) is 2. The summed E-state index contributed by atoms with van der Waals surface area (Å²) < 4.78 is 24.5. The number of esters is 1. The highest BCUT2D eigenvalue weighted by molar-refractivity contribution is 5.90. The maximum absolute atomic E-state index is 13.9. The molecule has 3 fully saturated rings. The topological polar surface area (TPSA) is 59.1 Å². The van der Waals surface area contributed by atoms with Gasteiger partial charge in [0.2, 0.25) is 0 Å². The molecule has 0 aliphatic carbocycles. The third-order valence-electron chi connectivity index (χ3n) is 5.88. The van der Waals surface area contributed by atoms with Crippen LogP contribution in [0.25, 0.3) is 0 Å². The van der Waals surface area contributed by atoms with E-state index in [9.17, 15) is 14.0 Å². The molecule has 0 saturated carbocycles. The predicted molar refractivity (Wildman–Crippen MR) is 110 cm³/mol. The molecule has 2 aromatic carbocycles. The fourth-order valence-corrected chi connectivity index (χ4v) is 4.24. The fourth-order valence-electron chi connectivity index (χ4n) is 4.24. The van der Waals surface area contributed by atoms with E-state index >= 15 is 0 Å². The van der Waals surface area contributed by atoms with E-state index in [2.05, 4.69) is 4.90 Å². The molecule has 0 aromatic heterocycles. The van der Waals surface area contributed by atoms with Crippen molar-refractivity contribution in [1.82, 2.24) is 4.90 Å². The van der Waals surface area contributed by atoms with Gasteiger partial charge in [-0.15, -0.1) is 0 Å². The monoisotopic (exact) mass is 412 g/mol. The molecule has 3 heterocycles. The zero-order chi connectivity index (χ0) is 21.1. The normalized spacial score (nSPS) is 22.4. The van der Waals surface area contributed by atoms with Gasteiger partial charge in [-0.2, -0.15) is 0 Å². The highest BCUT2D eigenvalue weighted by Crippen LogP contribution is 2.31. The minimum atomic E-state index is -0.511. The Bertz CT molecular complexity index is 927. The summed E-state index contributed by atoms with van der Waals surface area (Å²) in [6.45, 7) is 2.98. The van der Waals surface area contributed by atoms with Gasteiger partial charge < -0.3 is 9.47 Å². The minimum Gasteiger partial charge on any atom is -0.465 e. The quantitative estimate of drug-likeness (QED) is 0.699. The molecule has 6 nitrogen and oxygen atoms in total. The van der Waals surface area contributed by atoms with E-state index in [1.807, 2.05) is 0 Å². The highest BCUT2D eigenvalue weighted by Gasteiger charge is 2.37. The molecule has 3 aliphatic rings. The average Bonchev–Trinajstić information content (AvgIpc) is 2.78. The van der Waals surface area contributed by atoms with Gasteiger partial charge in [-0.3, -0.25) is 9.80 Å². The molecular weight excluding hydrogens is 387 g/mol. The summed E-state index contributed by atoms with van der Waals surface area (Å²) in [6.07, 6.45) is 1.39. The van der Waals surface area contributed by atoms with Crippen molar-refractivity contribution in [3.63, 3.8) is 0 Å². The lowest BCUT2D eigenvalue weighted by molar-refractivity contribution is -0.0311. The predicted octanol–water partition coefficient (Wildman–Crippen LogP) is 3.85. The van der Waals surface area contributed by atoms with Crippen LogP contribution in [0.15, 0.2) is 48.5 Å². The second kappa shape index (κ2) is 8.83. The number of rotatable bonds is 5. The highest BCUT2D eigenvalue weighted by atomic mass is 19.1. The maximum Gasteiger partial charge on any atom is 0.414 e. The van der Waals surface area contributed by atoms with Gasteiger partial charge in [0.05, 0.1) is 24.9 Å². The lowest BCUT2D eigenvalue weighted by atomic mass is 9.86. The molecule has 0 radical (unpaired) electrons. The SMILES string of the molecule is COC(=O)c1cccc(CN(C(=O)OC2CN3CCC2CC3)c2cccc(F)c2)c1. The Morgan fingerprint density at radius 1 is 1.13 bits per heavy atom. The standard InChI is InChI=1S/C23H25FN2O4/c1-29-22(27)18-5-2-4-16(12-18)14-26(20-7-3-6-19(24)13-20)23(28)30-21-15-25-10-8-17(21)9-11-25/h2-7,12-13,17,21H,8-11,14-15H2,1H3. The number of hydrogen-bond donors (Lipinski definition) is 0. The molecule has 1 amide bonds. The van der Waals surface area contributed by atoms with Crippen molar-refractivity contribution < 1.29 is 23.5 Å². The lowest BCUT2D eigenvalue weighted by Gasteiger charge is -2.44. The Balaban J connectivity index is 1.57. The summed E-state index contributed by atoms with van der Waals surface area (Å²) in [5.74, 6) is -0.517. The van der Waals surface area contributed by atoms with Crippen molar-refractivity contribution in [3.05, 3.63) is 65.5 Å². The second-order valence-corrected chi connectivity index (χ2v) is 7.82. The number of hydrogen-bond acceptors (Lipinski definition) is 5. The first-order chi connectivity index (χ1) is 14.5. The number of benzene rings is 2. The summed E-state index contributed by atoms with van der Waals surface area (Å²) in [5.41, 5.74) is 1.51. The van der Waals surface area contributed by atoms with E-state index < -0.39 is 17.9 Å². The largest absolute Gasteiger partial charge is 0.465 e. The first-order valence-corrected chi connectivity index (χ1v) is 10.2. The fraction of sp³-hybridized carbons (Fsp3) is 0.391. The molecule has 3 aliphatic heterocycles. The Morgan fingerprint density at radius 3 is 2.57 bits per heavy atom. The van der Waals surface area contributed by atoms with Crippen LogP contribution in [0.4, 0.5) is 14.9 Å². The van der Waals surface area contributed by atoms with Crippen molar-refractivity contribution in [2.24, 2.45) is 5.92 Å². The zero-order valence-corrected chi connectivity index (χ0v) is 16.9. The molecule has 0 spiro atoms. The van der Waals surface area contributed by atoms with Gasteiger partial charge >= 0.3 is 12.1 Å². The van der Waals surface area contributed by atoms with Crippen LogP contribution in [0, 0.1) is 11.7 Å². The molecule has 0 N–H and O–H groups in total. The van der Waals surface area contributed by atoms with Crippen LogP contribution in [0.5, 0.6) is 0 Å². The molecule has 2 bridgehead atoms. The Morgan fingerprint density at radius 2 is 1.90 bits per heavy atom. The summed E-state index contributed by atoms with van der Waals surface area (Å²) in [7, 11) is 1.32. The summed E-state index contributed by atoms with van der Waals surface area (Å²) in [6, 6.07) is 12.7. The summed E-state index contributed by atoms with van der Waals surface area (Å²) in [5, 5.41) is 0. The first kappa shape index (κ1) is 20.3. The van der Waals surface area contributed by atoms with Crippen molar-refractivity contribution >= 4 is 17.7 Å². The molecule has 3 saturated heterocycles. The van der Waals surface area contributed by atoms with Crippen molar-refractivity contribution in [3.8, 4) is 0 Å². The van der Waals surface area contributed by atoms with Gasteiger partial charge in [-0.25, -0.2) is 14.0 Å². The molecule has 1 unspecified atom stereocenters. The van der Waals surface area contributed by atoms with Crippen LogP contribution in [0.3, 0.4) is 0 Å². The molecule has 158 valence electrons. The van der Waals surface area contributed by atoms with E-state index in [1.54, 1.807) is 36.4 Å². The lowest BCUT2D eigenvalue weighted by Crippen LogP contribution is -2.53. The van der Waals surface area contributed by atoms with E-state index in [4.69, 9.17) is 9.47 Å². The van der Waals surface area contributed by atoms with Crippen LogP contribution in [-0.4, -0.2) is 49.8 Å². The van der Waals surface area contributed by atoms with Gasteiger partial charge in [0, 0.05) is 6.54 Å². The Labute approximate surface area is 175 Å². The number of piperidine rings is 3. The van der Waals surface area contributed by atoms with E-state index in [-0.39, 0.29) is 12.6 Å². The number of anilines is 1. The van der Waals surface area contributed by atoms with E-state index in [0.29, 0.717) is 22.7 Å². The molecule has 30 heavy (non-hydrogen) atoms. The number of methoxy groups -OCH3 is 1. The van der Waals surface area contributed by atoms with Crippen LogP contribution in [0.1, 0.15) is 28.8 Å². The zero-order valence-electron chi connectivity index (χ0n) is 16.9. The van der Waals surface area contributed by atoms with Crippen molar-refractivity contribution in [2.75, 3.05) is 31.6 Å². The minimum absolute atomic E-state index is 0.147. The van der Waals surface area contributed by atoms with Crippen LogP contribution >= 0.6 is 0 Å². The smallest absolute Gasteiger partial charge is 0.414 e. The number of fused-ring (bicyclic) bond motifs is 3. The van der Waals surface area contributed by atoms with Crippen molar-refractivity contribution in [1.29, 1.82) is 0 Å². The second-order valence-electron chi connectivity index (χ2n) is 7.82. The Hall–Kier alpha value is -2.93. The van der Waals surface area contributed by atoms with Crippen LogP contribution in [0.2, 0.25) is 0 Å². The number of halogens is 1. The summed E-state index contributed by atoms with van der Waals surface area (Å²) in [4.78, 5) is 28.7. The van der Waals surface area contributed by atoms with Gasteiger partial charge in [0.1, 0.15) is 11.9 Å².